The van der Waals surface area contributed by atoms with Crippen LogP contribution in [-0.4, -0.2) is 32.5 Å². The van der Waals surface area contributed by atoms with Gasteiger partial charge < -0.3 is 9.55 Å². The molecule has 34 heavy (non-hydrogen) atoms. The highest BCUT2D eigenvalue weighted by Gasteiger charge is 2.17. The Kier molecular flexibility index (Phi) is 6.55. The van der Waals surface area contributed by atoms with E-state index in [4.69, 9.17) is 4.98 Å². The average molecular weight is 491 g/mol. The SMILES string of the molecule is Cl.O=c1[nH]c(CN2CCCCC2)nc2cc(-c3cn(Cc4ccccc4)c4ccccc34)sc12. The number of hydrogen-bond acceptors (Lipinski definition) is 4. The molecule has 5 aromatic rings. The van der Waals surface area contributed by atoms with E-state index in [9.17, 15) is 4.79 Å². The first-order chi connectivity index (χ1) is 16.2. The molecule has 1 N–H and O–H groups in total. The van der Waals surface area contributed by atoms with Crippen molar-refractivity contribution >= 4 is 44.9 Å². The molecule has 1 fully saturated rings. The molecule has 6 rings (SSSR count). The highest BCUT2D eigenvalue weighted by molar-refractivity contribution is 7.22. The minimum atomic E-state index is -0.0312. The van der Waals surface area contributed by atoms with E-state index in [1.54, 1.807) is 0 Å². The number of benzene rings is 2. The van der Waals surface area contributed by atoms with Crippen molar-refractivity contribution in [2.24, 2.45) is 0 Å². The summed E-state index contributed by atoms with van der Waals surface area (Å²) in [5, 5.41) is 1.20. The first kappa shape index (κ1) is 22.8. The first-order valence-electron chi connectivity index (χ1n) is 11.6. The van der Waals surface area contributed by atoms with Gasteiger partial charge in [-0.2, -0.15) is 0 Å². The molecule has 0 saturated carbocycles. The Balaban J connectivity index is 0.00000241. The zero-order valence-corrected chi connectivity index (χ0v) is 20.5. The van der Waals surface area contributed by atoms with Crippen LogP contribution in [-0.2, 0) is 13.1 Å². The van der Waals surface area contributed by atoms with Crippen molar-refractivity contribution in [3.63, 3.8) is 0 Å². The molecule has 3 aromatic heterocycles. The lowest BCUT2D eigenvalue weighted by Crippen LogP contribution is -2.30. The average Bonchev–Trinajstić information content (AvgIpc) is 3.43. The van der Waals surface area contributed by atoms with Crippen molar-refractivity contribution in [2.75, 3.05) is 13.1 Å². The molecule has 2 aromatic carbocycles. The fourth-order valence-electron chi connectivity index (χ4n) is 4.88. The van der Waals surface area contributed by atoms with Crippen molar-refractivity contribution in [2.45, 2.75) is 32.4 Å². The van der Waals surface area contributed by atoms with Crippen LogP contribution in [0.2, 0.25) is 0 Å². The van der Waals surface area contributed by atoms with Gasteiger partial charge >= 0.3 is 0 Å². The second kappa shape index (κ2) is 9.74. The van der Waals surface area contributed by atoms with E-state index in [2.05, 4.69) is 75.2 Å². The third-order valence-electron chi connectivity index (χ3n) is 6.50. The van der Waals surface area contributed by atoms with Crippen molar-refractivity contribution in [1.82, 2.24) is 19.4 Å². The van der Waals surface area contributed by atoms with Crippen LogP contribution in [0.4, 0.5) is 0 Å². The second-order valence-corrected chi connectivity index (χ2v) is 9.90. The normalized spacial score (nSPS) is 14.5. The topological polar surface area (TPSA) is 53.9 Å². The summed E-state index contributed by atoms with van der Waals surface area (Å²) >= 11 is 1.53. The molecule has 1 saturated heterocycles. The second-order valence-electron chi connectivity index (χ2n) is 8.85. The summed E-state index contributed by atoms with van der Waals surface area (Å²) in [4.78, 5) is 24.2. The Morgan fingerprint density at radius 2 is 1.71 bits per heavy atom. The number of piperidine rings is 1. The van der Waals surface area contributed by atoms with Crippen LogP contribution in [0, 0.1) is 0 Å². The molecule has 4 heterocycles. The van der Waals surface area contributed by atoms with E-state index in [1.807, 2.05) is 6.07 Å². The van der Waals surface area contributed by atoms with E-state index < -0.39 is 0 Å². The summed E-state index contributed by atoms with van der Waals surface area (Å²) in [7, 11) is 0. The monoisotopic (exact) mass is 490 g/mol. The van der Waals surface area contributed by atoms with Crippen LogP contribution in [0.3, 0.4) is 0 Å². The number of thiophene rings is 1. The van der Waals surface area contributed by atoms with Crippen LogP contribution in [0.5, 0.6) is 0 Å². The Labute approximate surface area is 208 Å². The molecule has 174 valence electrons. The van der Waals surface area contributed by atoms with Gasteiger partial charge in [-0.15, -0.1) is 23.7 Å². The van der Waals surface area contributed by atoms with Gasteiger partial charge in [-0.25, -0.2) is 4.98 Å². The standard InChI is InChI=1S/C27H26N4OS.ClH/c32-27-26-22(28-25(29-27)18-30-13-7-2-8-14-30)15-24(33-26)21-17-31(16-19-9-3-1-4-10-19)23-12-6-5-11-20(21)23;/h1,3-6,9-12,15,17H,2,7-8,13-14,16,18H2,(H,28,29,32);1H. The molecule has 0 spiro atoms. The van der Waals surface area contributed by atoms with Crippen molar-refractivity contribution in [3.8, 4) is 10.4 Å². The number of fused-ring (bicyclic) bond motifs is 2. The number of hydrogen-bond donors (Lipinski definition) is 1. The number of H-pyrrole nitrogens is 1. The van der Waals surface area contributed by atoms with Gasteiger partial charge in [0, 0.05) is 34.1 Å². The molecule has 0 aliphatic carbocycles. The van der Waals surface area contributed by atoms with Crippen LogP contribution in [0.25, 0.3) is 31.6 Å². The Bertz CT molecular complexity index is 1480. The maximum atomic E-state index is 12.9. The van der Waals surface area contributed by atoms with E-state index in [1.165, 1.54) is 47.1 Å². The highest BCUT2D eigenvalue weighted by Crippen LogP contribution is 2.37. The third kappa shape index (κ3) is 4.41. The molecular formula is C27H27ClN4OS. The smallest absolute Gasteiger partial charge is 0.268 e. The summed E-state index contributed by atoms with van der Waals surface area (Å²) in [5.41, 5.74) is 4.38. The van der Waals surface area contributed by atoms with Crippen LogP contribution < -0.4 is 5.56 Å². The Hall–Kier alpha value is -2.93. The molecule has 1 aliphatic rings. The molecule has 0 unspecified atom stereocenters. The zero-order chi connectivity index (χ0) is 22.2. The maximum absolute atomic E-state index is 12.9. The minimum absolute atomic E-state index is 0. The minimum Gasteiger partial charge on any atom is -0.342 e. The molecule has 0 radical (unpaired) electrons. The fraction of sp³-hybridized carbons (Fsp3) is 0.259. The van der Waals surface area contributed by atoms with E-state index in [0.717, 1.165) is 41.4 Å². The number of nitrogens with zero attached hydrogens (tertiary/aromatic N) is 3. The van der Waals surface area contributed by atoms with Gasteiger partial charge in [0.25, 0.3) is 5.56 Å². The van der Waals surface area contributed by atoms with Gasteiger partial charge in [0.15, 0.2) is 0 Å². The third-order valence-corrected chi connectivity index (χ3v) is 7.66. The number of aromatic amines is 1. The summed E-state index contributed by atoms with van der Waals surface area (Å²) in [6.45, 7) is 3.69. The van der Waals surface area contributed by atoms with Crippen molar-refractivity contribution in [1.29, 1.82) is 0 Å². The number of likely N-dealkylation sites (tertiary alicyclic amines) is 1. The summed E-state index contributed by atoms with van der Waals surface area (Å²) in [5.74, 6) is 0.769. The molecular weight excluding hydrogens is 464 g/mol. The van der Waals surface area contributed by atoms with Crippen molar-refractivity contribution < 1.29 is 0 Å². The lowest BCUT2D eigenvalue weighted by atomic mass is 10.1. The predicted octanol–water partition coefficient (Wildman–Crippen LogP) is 6.06. The Morgan fingerprint density at radius 3 is 2.53 bits per heavy atom. The number of para-hydroxylation sites is 1. The molecule has 7 heteroatoms. The largest absolute Gasteiger partial charge is 0.342 e. The van der Waals surface area contributed by atoms with Gasteiger partial charge in [-0.05, 0) is 43.6 Å². The van der Waals surface area contributed by atoms with E-state index in [0.29, 0.717) is 11.2 Å². The quantitative estimate of drug-likeness (QED) is 0.325. The first-order valence-corrected chi connectivity index (χ1v) is 12.4. The van der Waals surface area contributed by atoms with Gasteiger partial charge in [0.2, 0.25) is 0 Å². The van der Waals surface area contributed by atoms with Gasteiger partial charge in [-0.1, -0.05) is 55.0 Å². The molecule has 0 atom stereocenters. The van der Waals surface area contributed by atoms with Crippen LogP contribution >= 0.6 is 23.7 Å². The number of halogens is 1. The van der Waals surface area contributed by atoms with Gasteiger partial charge in [0.1, 0.15) is 10.5 Å². The van der Waals surface area contributed by atoms with Gasteiger partial charge in [-0.3, -0.25) is 9.69 Å². The van der Waals surface area contributed by atoms with Crippen LogP contribution in [0.15, 0.2) is 71.7 Å². The molecule has 0 bridgehead atoms. The summed E-state index contributed by atoms with van der Waals surface area (Å²) < 4.78 is 3.00. The van der Waals surface area contributed by atoms with E-state index >= 15 is 0 Å². The maximum Gasteiger partial charge on any atom is 0.268 e. The van der Waals surface area contributed by atoms with Gasteiger partial charge in [0.05, 0.1) is 12.1 Å². The number of nitrogens with one attached hydrogen (secondary N) is 1. The molecule has 0 amide bonds. The van der Waals surface area contributed by atoms with E-state index in [-0.39, 0.29) is 18.0 Å². The predicted molar refractivity (Wildman–Crippen MR) is 143 cm³/mol. The fourth-order valence-corrected chi connectivity index (χ4v) is 5.90. The highest BCUT2D eigenvalue weighted by atomic mass is 35.5. The molecule has 1 aliphatic heterocycles. The Morgan fingerprint density at radius 1 is 0.941 bits per heavy atom. The summed E-state index contributed by atoms with van der Waals surface area (Å²) in [6, 6.07) is 21.1. The lowest BCUT2D eigenvalue weighted by Gasteiger charge is -2.25. The molecule has 5 nitrogen and oxygen atoms in total. The number of rotatable bonds is 5. The van der Waals surface area contributed by atoms with Crippen molar-refractivity contribution in [3.05, 3.63) is 88.6 Å². The summed E-state index contributed by atoms with van der Waals surface area (Å²) in [6.07, 6.45) is 5.96. The zero-order valence-electron chi connectivity index (χ0n) is 18.9. The van der Waals surface area contributed by atoms with Crippen LogP contribution in [0.1, 0.15) is 30.7 Å². The lowest BCUT2D eigenvalue weighted by molar-refractivity contribution is 0.216. The number of aromatic nitrogens is 3.